The molecule has 0 aliphatic heterocycles. The Morgan fingerprint density at radius 3 is 2.76 bits per heavy atom. The molecule has 6 heteroatoms. The number of rotatable bonds is 5. The number of halogens is 1. The Morgan fingerprint density at radius 2 is 2.14 bits per heavy atom. The molecular weight excluding hydrogens is 292 g/mol. The van der Waals surface area contributed by atoms with Gasteiger partial charge in [-0.05, 0) is 29.8 Å². The maximum atomic E-state index is 11.0. The van der Waals surface area contributed by atoms with Crippen molar-refractivity contribution in [3.05, 3.63) is 47.1 Å². The van der Waals surface area contributed by atoms with E-state index in [1.165, 1.54) is 14.0 Å². The van der Waals surface area contributed by atoms with Crippen LogP contribution in [-0.4, -0.2) is 18.0 Å². The fourth-order valence-corrected chi connectivity index (χ4v) is 2.04. The van der Waals surface area contributed by atoms with E-state index in [9.17, 15) is 4.79 Å². The van der Waals surface area contributed by atoms with Crippen molar-refractivity contribution in [1.82, 2.24) is 4.98 Å². The lowest BCUT2D eigenvalue weighted by molar-refractivity contribution is -0.282. The highest BCUT2D eigenvalue weighted by Crippen LogP contribution is 2.29. The van der Waals surface area contributed by atoms with Crippen LogP contribution in [0.3, 0.4) is 0 Å². The molecule has 21 heavy (non-hydrogen) atoms. The Labute approximate surface area is 127 Å². The van der Waals surface area contributed by atoms with Gasteiger partial charge < -0.3 is 5.32 Å². The third-order valence-electron chi connectivity index (χ3n) is 2.75. The van der Waals surface area contributed by atoms with Gasteiger partial charge >= 0.3 is 0 Å². The van der Waals surface area contributed by atoms with Crippen molar-refractivity contribution in [2.45, 2.75) is 13.5 Å². The molecule has 1 aromatic heterocycles. The van der Waals surface area contributed by atoms with Crippen molar-refractivity contribution in [2.75, 3.05) is 12.4 Å². The zero-order chi connectivity index (χ0) is 15.2. The Kier molecular flexibility index (Phi) is 5.27. The summed E-state index contributed by atoms with van der Waals surface area (Å²) in [6.45, 7) is 1.77. The first-order valence-corrected chi connectivity index (χ1v) is 6.66. The average Bonchev–Trinajstić information content (AvgIpc) is 2.47. The maximum absolute atomic E-state index is 11.0. The second-order valence-electron chi connectivity index (χ2n) is 4.36. The van der Waals surface area contributed by atoms with Gasteiger partial charge in [0.05, 0.1) is 7.11 Å². The van der Waals surface area contributed by atoms with Crippen LogP contribution in [0.4, 0.5) is 5.82 Å². The first kappa shape index (κ1) is 15.4. The standard InChI is InChI=1S/C15H15ClN2O3/c1-10(19)18-15-6-4-12(8-17-15)13-7-11(9-21-20-2)3-5-14(13)16/h3-8H,9H2,1-2H3,(H,17,18,19). The molecule has 0 unspecified atom stereocenters. The van der Waals surface area contributed by atoms with E-state index in [1.54, 1.807) is 18.3 Å². The van der Waals surface area contributed by atoms with Gasteiger partial charge in [-0.2, -0.15) is 0 Å². The predicted molar refractivity (Wildman–Crippen MR) is 80.8 cm³/mol. The molecule has 1 aromatic carbocycles. The SMILES string of the molecule is COOCc1ccc(Cl)c(-c2ccc(NC(C)=O)nc2)c1. The predicted octanol–water partition coefficient (Wildman–Crippen LogP) is 3.44. The smallest absolute Gasteiger partial charge is 0.222 e. The zero-order valence-corrected chi connectivity index (χ0v) is 12.5. The van der Waals surface area contributed by atoms with Crippen molar-refractivity contribution in [2.24, 2.45) is 0 Å². The normalized spacial score (nSPS) is 10.4. The largest absolute Gasteiger partial charge is 0.311 e. The summed E-state index contributed by atoms with van der Waals surface area (Å²) in [7, 11) is 1.46. The van der Waals surface area contributed by atoms with Crippen LogP contribution in [0.5, 0.6) is 0 Å². The molecule has 0 bridgehead atoms. The number of nitrogens with one attached hydrogen (secondary N) is 1. The van der Waals surface area contributed by atoms with Gasteiger partial charge in [-0.15, -0.1) is 0 Å². The number of pyridine rings is 1. The lowest BCUT2D eigenvalue weighted by Crippen LogP contribution is -2.06. The summed E-state index contributed by atoms with van der Waals surface area (Å²) in [5, 5.41) is 3.23. The van der Waals surface area contributed by atoms with Crippen LogP contribution >= 0.6 is 11.6 Å². The van der Waals surface area contributed by atoms with E-state index in [-0.39, 0.29) is 5.91 Å². The van der Waals surface area contributed by atoms with Gasteiger partial charge in [0.15, 0.2) is 0 Å². The summed E-state index contributed by atoms with van der Waals surface area (Å²) in [6, 6.07) is 9.15. The molecule has 2 aromatic rings. The van der Waals surface area contributed by atoms with Gasteiger partial charge in [-0.1, -0.05) is 17.7 Å². The van der Waals surface area contributed by atoms with E-state index in [2.05, 4.69) is 15.2 Å². The van der Waals surface area contributed by atoms with Crippen LogP contribution in [0, 0.1) is 0 Å². The molecule has 2 rings (SSSR count). The minimum Gasteiger partial charge on any atom is -0.311 e. The molecule has 0 aliphatic rings. The van der Waals surface area contributed by atoms with E-state index in [4.69, 9.17) is 16.5 Å². The fourth-order valence-electron chi connectivity index (χ4n) is 1.82. The second kappa shape index (κ2) is 7.17. The van der Waals surface area contributed by atoms with Crippen LogP contribution in [0.15, 0.2) is 36.5 Å². The molecule has 5 nitrogen and oxygen atoms in total. The summed E-state index contributed by atoms with van der Waals surface area (Å²) in [6.07, 6.45) is 1.66. The van der Waals surface area contributed by atoms with Gasteiger partial charge in [0.25, 0.3) is 0 Å². The van der Waals surface area contributed by atoms with Gasteiger partial charge in [-0.3, -0.25) is 4.79 Å². The van der Waals surface area contributed by atoms with Gasteiger partial charge in [0.1, 0.15) is 12.4 Å². The molecule has 1 N–H and O–H groups in total. The summed E-state index contributed by atoms with van der Waals surface area (Å²) < 4.78 is 0. The number of nitrogens with zero attached hydrogens (tertiary/aromatic N) is 1. The van der Waals surface area contributed by atoms with Crippen molar-refractivity contribution < 1.29 is 14.6 Å². The number of aromatic nitrogens is 1. The van der Waals surface area contributed by atoms with E-state index < -0.39 is 0 Å². The van der Waals surface area contributed by atoms with Crippen LogP contribution in [0.2, 0.25) is 5.02 Å². The molecule has 0 fully saturated rings. The molecule has 0 aliphatic carbocycles. The lowest BCUT2D eigenvalue weighted by atomic mass is 10.0. The molecule has 0 saturated carbocycles. The molecule has 1 heterocycles. The summed E-state index contributed by atoms with van der Waals surface area (Å²) in [5.41, 5.74) is 2.63. The maximum Gasteiger partial charge on any atom is 0.222 e. The Balaban J connectivity index is 2.25. The third-order valence-corrected chi connectivity index (χ3v) is 3.08. The quantitative estimate of drug-likeness (QED) is 0.679. The van der Waals surface area contributed by atoms with E-state index in [0.717, 1.165) is 16.7 Å². The number of anilines is 1. The van der Waals surface area contributed by atoms with Crippen LogP contribution in [0.1, 0.15) is 12.5 Å². The first-order chi connectivity index (χ1) is 10.1. The molecule has 0 atom stereocenters. The Bertz CT molecular complexity index is 629. The van der Waals surface area contributed by atoms with Crippen molar-refractivity contribution in [3.8, 4) is 11.1 Å². The number of carbonyl (C=O) groups is 1. The molecule has 0 saturated heterocycles. The highest BCUT2D eigenvalue weighted by atomic mass is 35.5. The topological polar surface area (TPSA) is 60.5 Å². The van der Waals surface area contributed by atoms with E-state index in [1.807, 2.05) is 18.2 Å². The van der Waals surface area contributed by atoms with Crippen LogP contribution < -0.4 is 5.32 Å². The zero-order valence-electron chi connectivity index (χ0n) is 11.7. The lowest BCUT2D eigenvalue weighted by Gasteiger charge is -2.08. The Morgan fingerprint density at radius 1 is 1.33 bits per heavy atom. The average molecular weight is 307 g/mol. The van der Waals surface area contributed by atoms with Crippen molar-refractivity contribution >= 4 is 23.3 Å². The summed E-state index contributed by atoms with van der Waals surface area (Å²) in [4.78, 5) is 24.6. The van der Waals surface area contributed by atoms with Crippen LogP contribution in [-0.2, 0) is 21.2 Å². The van der Waals surface area contributed by atoms with Gasteiger partial charge in [0.2, 0.25) is 5.91 Å². The number of benzene rings is 1. The summed E-state index contributed by atoms with van der Waals surface area (Å²) >= 11 is 6.22. The van der Waals surface area contributed by atoms with Crippen LogP contribution in [0.25, 0.3) is 11.1 Å². The number of hydrogen-bond donors (Lipinski definition) is 1. The van der Waals surface area contributed by atoms with Crippen molar-refractivity contribution in [3.63, 3.8) is 0 Å². The molecule has 0 spiro atoms. The minimum atomic E-state index is -0.160. The number of amides is 1. The third kappa shape index (κ3) is 4.26. The monoisotopic (exact) mass is 306 g/mol. The molecule has 1 amide bonds. The second-order valence-corrected chi connectivity index (χ2v) is 4.76. The Hall–Kier alpha value is -1.95. The highest BCUT2D eigenvalue weighted by molar-refractivity contribution is 6.33. The molecular formula is C15H15ClN2O3. The minimum absolute atomic E-state index is 0.160. The van der Waals surface area contributed by atoms with Gasteiger partial charge in [-0.25, -0.2) is 14.8 Å². The number of carbonyl (C=O) groups excluding carboxylic acids is 1. The highest BCUT2D eigenvalue weighted by Gasteiger charge is 2.07. The van der Waals surface area contributed by atoms with E-state index >= 15 is 0 Å². The number of hydrogen-bond acceptors (Lipinski definition) is 4. The van der Waals surface area contributed by atoms with Gasteiger partial charge in [0, 0.05) is 29.3 Å². The van der Waals surface area contributed by atoms with Crippen molar-refractivity contribution in [1.29, 1.82) is 0 Å². The molecule has 110 valence electrons. The fraction of sp³-hybridized carbons (Fsp3) is 0.200. The van der Waals surface area contributed by atoms with E-state index in [0.29, 0.717) is 17.4 Å². The first-order valence-electron chi connectivity index (χ1n) is 6.28. The molecule has 0 radical (unpaired) electrons. The summed E-state index contributed by atoms with van der Waals surface area (Å²) in [5.74, 6) is 0.341.